The van der Waals surface area contributed by atoms with Gasteiger partial charge in [0.25, 0.3) is 0 Å². The summed E-state index contributed by atoms with van der Waals surface area (Å²) in [7, 11) is -1.62. The number of amides is 1. The molecule has 1 aromatic carbocycles. The van der Waals surface area contributed by atoms with Crippen molar-refractivity contribution in [3.05, 3.63) is 46.6 Å². The molecule has 0 saturated carbocycles. The first kappa shape index (κ1) is 19.9. The Kier molecular flexibility index (Phi) is 5.72. The SMILES string of the molecule is CN1CCN(S(=O)(=O)c2ccc(NC(=O)Cn3ccc([N+](=O)[O-])n3)cc2)CC1. The van der Waals surface area contributed by atoms with Gasteiger partial charge in [0.05, 0.1) is 22.3 Å². The van der Waals surface area contributed by atoms with E-state index in [9.17, 15) is 23.3 Å². The van der Waals surface area contributed by atoms with Gasteiger partial charge in [0.2, 0.25) is 15.9 Å². The second-order valence-electron chi connectivity index (χ2n) is 6.41. The van der Waals surface area contributed by atoms with E-state index in [1.807, 2.05) is 7.05 Å². The quantitative estimate of drug-likeness (QED) is 0.539. The number of sulfonamides is 1. The number of nitrogens with zero attached hydrogens (tertiary/aromatic N) is 5. The number of piperazine rings is 1. The molecule has 2 heterocycles. The number of hydrogen-bond donors (Lipinski definition) is 1. The van der Waals surface area contributed by atoms with Crippen LogP contribution in [-0.2, 0) is 21.4 Å². The second kappa shape index (κ2) is 8.04. The lowest BCUT2D eigenvalue weighted by molar-refractivity contribution is -0.389. The summed E-state index contributed by atoms with van der Waals surface area (Å²) in [5.74, 6) is -0.779. The zero-order chi connectivity index (χ0) is 20.3. The molecular weight excluding hydrogens is 388 g/mol. The van der Waals surface area contributed by atoms with Crippen molar-refractivity contribution in [1.82, 2.24) is 19.0 Å². The Labute approximate surface area is 161 Å². The molecule has 28 heavy (non-hydrogen) atoms. The lowest BCUT2D eigenvalue weighted by Crippen LogP contribution is -2.46. The van der Waals surface area contributed by atoms with Crippen LogP contribution in [-0.4, -0.2) is 71.5 Å². The first-order valence-corrected chi connectivity index (χ1v) is 9.96. The minimum absolute atomic E-state index is 0.165. The molecule has 0 bridgehead atoms. The van der Waals surface area contributed by atoms with Crippen LogP contribution < -0.4 is 5.32 Å². The zero-order valence-electron chi connectivity index (χ0n) is 15.2. The fraction of sp³-hybridized carbons (Fsp3) is 0.375. The van der Waals surface area contributed by atoms with Gasteiger partial charge in [-0.15, -0.1) is 0 Å². The van der Waals surface area contributed by atoms with Crippen molar-refractivity contribution in [3.63, 3.8) is 0 Å². The van der Waals surface area contributed by atoms with Crippen molar-refractivity contribution in [3.8, 4) is 0 Å². The zero-order valence-corrected chi connectivity index (χ0v) is 16.0. The molecule has 0 atom stereocenters. The maximum Gasteiger partial charge on any atom is 0.389 e. The third-order valence-corrected chi connectivity index (χ3v) is 6.27. The van der Waals surface area contributed by atoms with Crippen molar-refractivity contribution >= 4 is 27.4 Å². The van der Waals surface area contributed by atoms with Gasteiger partial charge in [-0.1, -0.05) is 0 Å². The minimum Gasteiger partial charge on any atom is -0.358 e. The van der Waals surface area contributed by atoms with Gasteiger partial charge in [-0.05, 0) is 36.2 Å². The Morgan fingerprint density at radius 1 is 1.18 bits per heavy atom. The van der Waals surface area contributed by atoms with Crippen LogP contribution in [0.5, 0.6) is 0 Å². The van der Waals surface area contributed by atoms with E-state index in [1.165, 1.54) is 40.8 Å². The van der Waals surface area contributed by atoms with E-state index in [0.29, 0.717) is 31.9 Å². The molecule has 0 unspecified atom stereocenters. The molecule has 1 N–H and O–H groups in total. The largest absolute Gasteiger partial charge is 0.389 e. The third-order valence-electron chi connectivity index (χ3n) is 4.36. The molecule has 0 aliphatic carbocycles. The lowest BCUT2D eigenvalue weighted by atomic mass is 10.3. The van der Waals surface area contributed by atoms with Gasteiger partial charge in [-0.25, -0.2) is 8.42 Å². The molecular formula is C16H20N6O5S. The molecule has 3 rings (SSSR count). The predicted octanol–water partition coefficient (Wildman–Crippen LogP) is 0.366. The summed E-state index contributed by atoms with van der Waals surface area (Å²) in [6, 6.07) is 7.11. The summed E-state index contributed by atoms with van der Waals surface area (Å²) in [5.41, 5.74) is 0.420. The second-order valence-corrected chi connectivity index (χ2v) is 8.35. The van der Waals surface area contributed by atoms with E-state index < -0.39 is 20.9 Å². The molecule has 0 spiro atoms. The number of carbonyl (C=O) groups excluding carboxylic acids is 1. The number of rotatable bonds is 6. The standard InChI is InChI=1S/C16H20N6O5S/c1-19-8-10-21(11-9-19)28(26,27)14-4-2-13(3-5-14)17-16(23)12-20-7-6-15(18-20)22(24)25/h2-7H,8-12H2,1H3,(H,17,23). The molecule has 12 heteroatoms. The number of likely N-dealkylation sites (N-methyl/N-ethyl adjacent to an activating group) is 1. The van der Waals surface area contributed by atoms with Crippen molar-refractivity contribution in [2.24, 2.45) is 0 Å². The van der Waals surface area contributed by atoms with Gasteiger partial charge < -0.3 is 20.3 Å². The van der Waals surface area contributed by atoms with Crippen LogP contribution in [0.4, 0.5) is 11.5 Å². The van der Waals surface area contributed by atoms with Crippen molar-refractivity contribution in [1.29, 1.82) is 0 Å². The summed E-state index contributed by atoms with van der Waals surface area (Å²) < 4.78 is 28.0. The molecule has 1 aliphatic rings. The number of nitro groups is 1. The van der Waals surface area contributed by atoms with Gasteiger partial charge in [0, 0.05) is 31.9 Å². The Hall–Kier alpha value is -2.83. The van der Waals surface area contributed by atoms with Crippen molar-refractivity contribution in [2.45, 2.75) is 11.4 Å². The Bertz CT molecular complexity index is 964. The Morgan fingerprint density at radius 2 is 1.82 bits per heavy atom. The number of carbonyl (C=O) groups is 1. The van der Waals surface area contributed by atoms with E-state index in [1.54, 1.807) is 0 Å². The lowest BCUT2D eigenvalue weighted by Gasteiger charge is -2.31. The van der Waals surface area contributed by atoms with E-state index in [2.05, 4.69) is 15.3 Å². The van der Waals surface area contributed by atoms with E-state index in [-0.39, 0.29) is 17.3 Å². The van der Waals surface area contributed by atoms with Gasteiger partial charge in [0.1, 0.15) is 6.54 Å². The maximum atomic E-state index is 12.7. The first-order chi connectivity index (χ1) is 13.3. The van der Waals surface area contributed by atoms with Crippen molar-refractivity contribution in [2.75, 3.05) is 38.5 Å². The Balaban J connectivity index is 1.62. The van der Waals surface area contributed by atoms with Crippen molar-refractivity contribution < 1.29 is 18.1 Å². The van der Waals surface area contributed by atoms with Gasteiger partial charge in [0.15, 0.2) is 0 Å². The van der Waals surface area contributed by atoms with Crippen LogP contribution in [0.15, 0.2) is 41.4 Å². The molecule has 2 aromatic rings. The van der Waals surface area contributed by atoms with E-state index in [4.69, 9.17) is 0 Å². The number of benzene rings is 1. The predicted molar refractivity (Wildman–Crippen MR) is 100 cm³/mol. The minimum atomic E-state index is -3.57. The van der Waals surface area contributed by atoms with Crippen LogP contribution in [0.2, 0.25) is 0 Å². The smallest absolute Gasteiger partial charge is 0.358 e. The van der Waals surface area contributed by atoms with Crippen LogP contribution in [0.1, 0.15) is 0 Å². The summed E-state index contributed by atoms with van der Waals surface area (Å²) >= 11 is 0. The van der Waals surface area contributed by atoms with Crippen LogP contribution in [0.25, 0.3) is 0 Å². The highest BCUT2D eigenvalue weighted by Crippen LogP contribution is 2.19. The molecule has 11 nitrogen and oxygen atoms in total. The number of hydrogen-bond acceptors (Lipinski definition) is 7. The van der Waals surface area contributed by atoms with E-state index >= 15 is 0 Å². The molecule has 150 valence electrons. The summed E-state index contributed by atoms with van der Waals surface area (Å²) in [6.07, 6.45) is 1.34. The Morgan fingerprint density at radius 3 is 2.39 bits per heavy atom. The normalized spacial score (nSPS) is 16.0. The molecule has 1 aromatic heterocycles. The molecule has 1 saturated heterocycles. The fourth-order valence-electron chi connectivity index (χ4n) is 2.77. The average Bonchev–Trinajstić information content (AvgIpc) is 3.11. The third kappa shape index (κ3) is 4.52. The number of aromatic nitrogens is 2. The molecule has 1 aliphatic heterocycles. The van der Waals surface area contributed by atoms with Gasteiger partial charge in [-0.3, -0.25) is 4.79 Å². The monoisotopic (exact) mass is 408 g/mol. The highest BCUT2D eigenvalue weighted by molar-refractivity contribution is 7.89. The van der Waals surface area contributed by atoms with Crippen LogP contribution >= 0.6 is 0 Å². The van der Waals surface area contributed by atoms with Crippen LogP contribution in [0.3, 0.4) is 0 Å². The topological polar surface area (TPSA) is 131 Å². The van der Waals surface area contributed by atoms with E-state index in [0.717, 1.165) is 4.68 Å². The highest BCUT2D eigenvalue weighted by Gasteiger charge is 2.27. The average molecular weight is 408 g/mol. The summed E-state index contributed by atoms with van der Waals surface area (Å²) in [6.45, 7) is 2.04. The number of nitrogens with one attached hydrogen (secondary N) is 1. The van der Waals surface area contributed by atoms with Gasteiger partial charge >= 0.3 is 5.82 Å². The van der Waals surface area contributed by atoms with Crippen LogP contribution in [0, 0.1) is 10.1 Å². The first-order valence-electron chi connectivity index (χ1n) is 8.52. The molecule has 1 fully saturated rings. The summed E-state index contributed by atoms with van der Waals surface area (Å²) in [4.78, 5) is 24.2. The number of anilines is 1. The summed E-state index contributed by atoms with van der Waals surface area (Å²) in [5, 5.41) is 16.9. The van der Waals surface area contributed by atoms with Gasteiger partial charge in [-0.2, -0.15) is 8.99 Å². The molecule has 1 amide bonds. The maximum absolute atomic E-state index is 12.7. The highest BCUT2D eigenvalue weighted by atomic mass is 32.2. The molecule has 0 radical (unpaired) electrons. The fourth-order valence-corrected chi connectivity index (χ4v) is 4.19.